The molecule has 0 aliphatic heterocycles. The largest absolute Gasteiger partial charge is 0.386 e. The molecule has 1 atom stereocenters. The molecule has 4 aromatic rings. The van der Waals surface area contributed by atoms with E-state index in [1.165, 1.54) is 41.7 Å². The molecule has 1 fully saturated rings. The fraction of sp³-hybridized carbons (Fsp3) is 0.343. The zero-order valence-corrected chi connectivity index (χ0v) is 24.7. The number of pyridine rings is 1. The Labute approximate surface area is 242 Å². The highest BCUT2D eigenvalue weighted by atomic mass is 35.5. The van der Waals surface area contributed by atoms with Crippen LogP contribution in [0.15, 0.2) is 78.9 Å². The Morgan fingerprint density at radius 3 is 2.56 bits per heavy atom. The van der Waals surface area contributed by atoms with Crippen LogP contribution in [0.1, 0.15) is 79.7 Å². The van der Waals surface area contributed by atoms with Crippen molar-refractivity contribution in [2.24, 2.45) is 5.41 Å². The van der Waals surface area contributed by atoms with Gasteiger partial charge in [-0.2, -0.15) is 11.8 Å². The summed E-state index contributed by atoms with van der Waals surface area (Å²) in [4.78, 5) is 4.78. The first-order valence-electron chi connectivity index (χ1n) is 14.0. The van der Waals surface area contributed by atoms with Crippen LogP contribution in [0.2, 0.25) is 5.02 Å². The van der Waals surface area contributed by atoms with Crippen molar-refractivity contribution in [1.29, 1.82) is 0 Å². The molecule has 2 nitrogen and oxygen atoms in total. The smallest absolute Gasteiger partial charge is 0.0843 e. The first-order valence-corrected chi connectivity index (χ1v) is 15.4. The van der Waals surface area contributed by atoms with Gasteiger partial charge in [-0.25, -0.2) is 4.98 Å². The lowest BCUT2D eigenvalue weighted by Crippen LogP contribution is -2.18. The second-order valence-corrected chi connectivity index (χ2v) is 13.1. The van der Waals surface area contributed by atoms with E-state index in [-0.39, 0.29) is 0 Å². The van der Waals surface area contributed by atoms with Crippen LogP contribution in [-0.4, -0.2) is 15.8 Å². The fourth-order valence-corrected chi connectivity index (χ4v) is 7.10. The predicted molar refractivity (Wildman–Crippen MR) is 169 cm³/mol. The highest BCUT2D eigenvalue weighted by Crippen LogP contribution is 2.53. The molecule has 4 heteroatoms. The van der Waals surface area contributed by atoms with Crippen LogP contribution in [0, 0.1) is 5.41 Å². The van der Waals surface area contributed by atoms with Crippen LogP contribution in [-0.2, 0) is 12.0 Å². The molecule has 39 heavy (non-hydrogen) atoms. The van der Waals surface area contributed by atoms with Gasteiger partial charge in [0.1, 0.15) is 0 Å². The predicted octanol–water partition coefficient (Wildman–Crippen LogP) is 9.88. The van der Waals surface area contributed by atoms with Gasteiger partial charge in [0.05, 0.1) is 16.8 Å². The van der Waals surface area contributed by atoms with Crippen molar-refractivity contribution in [3.8, 4) is 0 Å². The van der Waals surface area contributed by atoms with Crippen molar-refractivity contribution >= 4 is 46.4 Å². The number of benzene rings is 3. The third-order valence-electron chi connectivity index (χ3n) is 8.05. The number of aromatic nitrogens is 1. The summed E-state index contributed by atoms with van der Waals surface area (Å²) in [6.45, 7) is 6.10. The van der Waals surface area contributed by atoms with E-state index >= 15 is 0 Å². The molecule has 1 unspecified atom stereocenters. The van der Waals surface area contributed by atoms with E-state index in [1.54, 1.807) is 0 Å². The summed E-state index contributed by atoms with van der Waals surface area (Å²) in [6, 6.07) is 27.3. The van der Waals surface area contributed by atoms with Gasteiger partial charge < -0.3 is 5.11 Å². The summed E-state index contributed by atoms with van der Waals surface area (Å²) in [5.74, 6) is 1.21. The topological polar surface area (TPSA) is 33.1 Å². The number of aryl methyl sites for hydroxylation is 1. The Kier molecular flexibility index (Phi) is 8.52. The second-order valence-electron chi connectivity index (χ2n) is 11.5. The third kappa shape index (κ3) is 7.14. The minimum Gasteiger partial charge on any atom is -0.386 e. The maximum absolute atomic E-state index is 10.7. The average Bonchev–Trinajstić information content (AvgIpc) is 3.72. The number of nitrogens with zero attached hydrogens (tertiary/aromatic N) is 1. The Bertz CT molecular complexity index is 1470. The molecular weight excluding hydrogens is 518 g/mol. The van der Waals surface area contributed by atoms with E-state index in [2.05, 4.69) is 85.4 Å². The minimum atomic E-state index is -0.841. The maximum atomic E-state index is 10.7. The molecule has 0 amide bonds. The van der Waals surface area contributed by atoms with Gasteiger partial charge in [-0.05, 0) is 104 Å². The van der Waals surface area contributed by atoms with Crippen LogP contribution < -0.4 is 0 Å². The summed E-state index contributed by atoms with van der Waals surface area (Å²) >= 11 is 8.30. The monoisotopic (exact) mass is 555 g/mol. The Balaban J connectivity index is 1.36. The summed E-state index contributed by atoms with van der Waals surface area (Å²) in [6.07, 6.45) is 10.2. The molecule has 1 heterocycles. The lowest BCUT2D eigenvalue weighted by Gasteiger charge is -2.24. The number of hydrogen-bond donors (Lipinski definition) is 1. The Morgan fingerprint density at radius 1 is 1.00 bits per heavy atom. The van der Waals surface area contributed by atoms with Crippen LogP contribution in [0.3, 0.4) is 0 Å². The molecule has 0 bridgehead atoms. The van der Waals surface area contributed by atoms with Crippen molar-refractivity contribution in [1.82, 2.24) is 4.98 Å². The molecule has 1 aliphatic rings. The Hall–Kier alpha value is -2.59. The van der Waals surface area contributed by atoms with Gasteiger partial charge in [0.25, 0.3) is 0 Å². The standard InChI is InChI=1S/C35H38ClNOS/c1-4-35(20-21-35)24-39-33(19-15-26-9-5-6-11-31(26)34(2,3)38)28-10-7-8-25(22-28)12-17-30-18-14-27-13-16-29(36)23-32(27)37-30/h5-14,16-18,22-23,33,38H,4,15,19-21,24H2,1-3H3. The quantitative estimate of drug-likeness (QED) is 0.200. The lowest BCUT2D eigenvalue weighted by molar-refractivity contribution is 0.0776. The summed E-state index contributed by atoms with van der Waals surface area (Å²) in [7, 11) is 0. The molecule has 1 aliphatic carbocycles. The molecule has 3 aromatic carbocycles. The van der Waals surface area contributed by atoms with Crippen molar-refractivity contribution in [2.75, 3.05) is 5.75 Å². The third-order valence-corrected chi connectivity index (χ3v) is 9.98. The molecular formula is C35H38ClNOS. The molecule has 202 valence electrons. The molecule has 5 rings (SSSR count). The number of thioether (sulfide) groups is 1. The zero-order chi connectivity index (χ0) is 27.5. The van der Waals surface area contributed by atoms with Crippen molar-refractivity contribution in [3.05, 3.63) is 112 Å². The van der Waals surface area contributed by atoms with E-state index in [1.807, 2.05) is 38.1 Å². The van der Waals surface area contributed by atoms with Crippen LogP contribution >= 0.6 is 23.4 Å². The van der Waals surface area contributed by atoms with Crippen molar-refractivity contribution in [2.45, 2.75) is 63.7 Å². The number of hydrogen-bond acceptors (Lipinski definition) is 3. The van der Waals surface area contributed by atoms with E-state index in [4.69, 9.17) is 16.6 Å². The van der Waals surface area contributed by atoms with Gasteiger partial charge in [0.15, 0.2) is 0 Å². The summed E-state index contributed by atoms with van der Waals surface area (Å²) < 4.78 is 0. The van der Waals surface area contributed by atoms with Crippen LogP contribution in [0.5, 0.6) is 0 Å². The second kappa shape index (κ2) is 11.9. The molecule has 0 saturated heterocycles. The van der Waals surface area contributed by atoms with Crippen molar-refractivity contribution in [3.63, 3.8) is 0 Å². The van der Waals surface area contributed by atoms with Crippen LogP contribution in [0.25, 0.3) is 23.1 Å². The minimum absolute atomic E-state index is 0.401. The van der Waals surface area contributed by atoms with E-state index in [0.29, 0.717) is 15.7 Å². The molecule has 1 saturated carbocycles. The summed E-state index contributed by atoms with van der Waals surface area (Å²) in [5, 5.41) is 12.9. The van der Waals surface area contributed by atoms with Gasteiger partial charge in [-0.1, -0.05) is 85.3 Å². The molecule has 1 aromatic heterocycles. The van der Waals surface area contributed by atoms with E-state index < -0.39 is 5.60 Å². The highest BCUT2D eigenvalue weighted by Gasteiger charge is 2.40. The first-order chi connectivity index (χ1) is 18.7. The number of halogens is 1. The number of aliphatic hydroxyl groups is 1. The van der Waals surface area contributed by atoms with Gasteiger partial charge in [0, 0.05) is 15.7 Å². The number of rotatable bonds is 11. The van der Waals surface area contributed by atoms with E-state index in [0.717, 1.165) is 35.0 Å². The zero-order valence-electron chi connectivity index (χ0n) is 23.2. The highest BCUT2D eigenvalue weighted by molar-refractivity contribution is 7.99. The lowest BCUT2D eigenvalue weighted by atomic mass is 9.90. The molecule has 0 radical (unpaired) electrons. The molecule has 0 spiro atoms. The Morgan fingerprint density at radius 2 is 1.79 bits per heavy atom. The van der Waals surface area contributed by atoms with Crippen molar-refractivity contribution < 1.29 is 5.11 Å². The van der Waals surface area contributed by atoms with Gasteiger partial charge in [-0.15, -0.1) is 0 Å². The average molecular weight is 556 g/mol. The SMILES string of the molecule is CCC1(CSC(CCc2ccccc2C(C)(C)O)c2cccc(C=Cc3ccc4ccc(Cl)cc4n3)c2)CC1. The van der Waals surface area contributed by atoms with Gasteiger partial charge in [0.2, 0.25) is 0 Å². The molecule has 1 N–H and O–H groups in total. The van der Waals surface area contributed by atoms with Crippen LogP contribution in [0.4, 0.5) is 0 Å². The summed E-state index contributed by atoms with van der Waals surface area (Å²) in [5.41, 5.74) is 6.34. The van der Waals surface area contributed by atoms with E-state index in [9.17, 15) is 5.11 Å². The van der Waals surface area contributed by atoms with Gasteiger partial charge in [-0.3, -0.25) is 0 Å². The first kappa shape index (κ1) is 28.0. The maximum Gasteiger partial charge on any atom is 0.0843 e. The normalized spacial score (nSPS) is 15.6. The fourth-order valence-electron chi connectivity index (χ4n) is 5.27. The number of fused-ring (bicyclic) bond motifs is 1. The van der Waals surface area contributed by atoms with Gasteiger partial charge >= 0.3 is 0 Å².